The molecule has 0 aliphatic heterocycles. The van der Waals surface area contributed by atoms with E-state index in [1.807, 2.05) is 38.1 Å². The van der Waals surface area contributed by atoms with Crippen molar-refractivity contribution < 1.29 is 23.8 Å². The fourth-order valence-corrected chi connectivity index (χ4v) is 3.15. The van der Waals surface area contributed by atoms with Gasteiger partial charge in [-0.05, 0) is 68.4 Å². The quantitative estimate of drug-likeness (QED) is 0.446. The molecule has 0 bridgehead atoms. The van der Waals surface area contributed by atoms with Crippen LogP contribution in [0, 0.1) is 13.8 Å². The van der Waals surface area contributed by atoms with Crippen LogP contribution in [-0.4, -0.2) is 37.1 Å². The summed E-state index contributed by atoms with van der Waals surface area (Å²) in [6.07, 6.45) is 0. The molecule has 0 spiro atoms. The van der Waals surface area contributed by atoms with E-state index >= 15 is 0 Å². The van der Waals surface area contributed by atoms with Crippen molar-refractivity contribution in [3.8, 4) is 17.2 Å². The van der Waals surface area contributed by atoms with Crippen LogP contribution in [0.15, 0.2) is 54.6 Å². The van der Waals surface area contributed by atoms with Crippen molar-refractivity contribution in [2.24, 2.45) is 0 Å². The lowest BCUT2D eigenvalue weighted by atomic mass is 10.1. The van der Waals surface area contributed by atoms with Gasteiger partial charge < -0.3 is 18.8 Å². The summed E-state index contributed by atoms with van der Waals surface area (Å²) >= 11 is 0. The smallest absolute Gasteiger partial charge is 0.338 e. The molecular formula is C23H23NO5. The Morgan fingerprint density at radius 1 is 0.862 bits per heavy atom. The van der Waals surface area contributed by atoms with Gasteiger partial charge in [0.25, 0.3) is 0 Å². The zero-order chi connectivity index (χ0) is 21.0. The molecule has 0 N–H and O–H groups in total. The maximum Gasteiger partial charge on any atom is 0.338 e. The molecule has 1 aromatic heterocycles. The van der Waals surface area contributed by atoms with Crippen molar-refractivity contribution in [3.05, 3.63) is 77.1 Å². The van der Waals surface area contributed by atoms with Crippen LogP contribution in [0.3, 0.4) is 0 Å². The number of Topliss-reactive ketones (excluding diaryl/α,β-unsaturated/α-hetero) is 1. The van der Waals surface area contributed by atoms with Gasteiger partial charge in [-0.15, -0.1) is 0 Å². The molecular weight excluding hydrogens is 370 g/mol. The Kier molecular flexibility index (Phi) is 6.02. The lowest BCUT2D eigenvalue weighted by Crippen LogP contribution is -2.15. The SMILES string of the molecule is COc1ccc(OC)c(C(=O)COC(=O)c2ccc(-n3c(C)ccc3C)cc2)c1. The zero-order valence-electron chi connectivity index (χ0n) is 16.9. The standard InChI is InChI=1S/C23H23NO5/c1-15-5-6-16(2)24(15)18-9-7-17(8-10-18)23(26)29-14-21(25)20-13-19(27-3)11-12-22(20)28-4/h5-13H,14H2,1-4H3. The molecule has 0 saturated carbocycles. The Bertz CT molecular complexity index is 1010. The molecule has 150 valence electrons. The van der Waals surface area contributed by atoms with E-state index in [0.717, 1.165) is 17.1 Å². The number of benzene rings is 2. The maximum atomic E-state index is 12.5. The van der Waals surface area contributed by atoms with Gasteiger partial charge in [0.15, 0.2) is 6.61 Å². The van der Waals surface area contributed by atoms with Crippen LogP contribution < -0.4 is 9.47 Å². The second-order valence-corrected chi connectivity index (χ2v) is 6.56. The van der Waals surface area contributed by atoms with E-state index in [-0.39, 0.29) is 12.4 Å². The topological polar surface area (TPSA) is 66.8 Å². The predicted octanol–water partition coefficient (Wildman–Crippen LogP) is 4.15. The van der Waals surface area contributed by atoms with Gasteiger partial charge in [-0.3, -0.25) is 4.79 Å². The van der Waals surface area contributed by atoms with Gasteiger partial charge >= 0.3 is 5.97 Å². The predicted molar refractivity (Wildman–Crippen MR) is 109 cm³/mol. The third-order valence-corrected chi connectivity index (χ3v) is 4.67. The lowest BCUT2D eigenvalue weighted by Gasteiger charge is -2.11. The number of rotatable bonds is 7. The number of esters is 1. The summed E-state index contributed by atoms with van der Waals surface area (Å²) in [6.45, 7) is 3.65. The number of hydrogen-bond acceptors (Lipinski definition) is 5. The van der Waals surface area contributed by atoms with Gasteiger partial charge in [0, 0.05) is 17.1 Å². The lowest BCUT2D eigenvalue weighted by molar-refractivity contribution is 0.0474. The van der Waals surface area contributed by atoms with Crippen molar-refractivity contribution in [1.29, 1.82) is 0 Å². The first-order valence-corrected chi connectivity index (χ1v) is 9.12. The molecule has 1 heterocycles. The molecule has 2 aromatic carbocycles. The second kappa shape index (κ2) is 8.65. The number of aryl methyl sites for hydroxylation is 2. The molecule has 0 atom stereocenters. The first kappa shape index (κ1) is 20.2. The summed E-state index contributed by atoms with van der Waals surface area (Å²) in [5.74, 6) is -0.0163. The highest BCUT2D eigenvalue weighted by Crippen LogP contribution is 2.24. The maximum absolute atomic E-state index is 12.5. The number of nitrogens with zero attached hydrogens (tertiary/aromatic N) is 1. The van der Waals surface area contributed by atoms with Gasteiger partial charge in [-0.1, -0.05) is 0 Å². The van der Waals surface area contributed by atoms with E-state index < -0.39 is 5.97 Å². The van der Waals surface area contributed by atoms with Gasteiger partial charge in [0.2, 0.25) is 5.78 Å². The second-order valence-electron chi connectivity index (χ2n) is 6.56. The van der Waals surface area contributed by atoms with Gasteiger partial charge in [-0.2, -0.15) is 0 Å². The Morgan fingerprint density at radius 3 is 2.10 bits per heavy atom. The molecule has 0 fully saturated rings. The van der Waals surface area contributed by atoms with E-state index in [1.165, 1.54) is 14.2 Å². The highest BCUT2D eigenvalue weighted by molar-refractivity contribution is 6.01. The van der Waals surface area contributed by atoms with Crippen molar-refractivity contribution in [1.82, 2.24) is 4.57 Å². The molecule has 3 aromatic rings. The van der Waals surface area contributed by atoms with E-state index in [4.69, 9.17) is 14.2 Å². The molecule has 0 unspecified atom stereocenters. The molecule has 0 aliphatic carbocycles. The number of aromatic nitrogens is 1. The monoisotopic (exact) mass is 393 g/mol. The highest BCUT2D eigenvalue weighted by Gasteiger charge is 2.17. The third-order valence-electron chi connectivity index (χ3n) is 4.67. The van der Waals surface area contributed by atoms with E-state index in [0.29, 0.717) is 22.6 Å². The molecule has 0 amide bonds. The Morgan fingerprint density at radius 2 is 1.52 bits per heavy atom. The summed E-state index contributed by atoms with van der Waals surface area (Å²) < 4.78 is 17.6. The Labute approximate surface area is 169 Å². The summed E-state index contributed by atoms with van der Waals surface area (Å²) in [4.78, 5) is 24.8. The van der Waals surface area contributed by atoms with Crippen molar-refractivity contribution in [3.63, 3.8) is 0 Å². The highest BCUT2D eigenvalue weighted by atomic mass is 16.5. The summed E-state index contributed by atoms with van der Waals surface area (Å²) in [6, 6.07) is 16.0. The van der Waals surface area contributed by atoms with Crippen LogP contribution in [0.2, 0.25) is 0 Å². The summed E-state index contributed by atoms with van der Waals surface area (Å²) in [7, 11) is 2.98. The molecule has 0 saturated heterocycles. The molecule has 0 aliphatic rings. The van der Waals surface area contributed by atoms with Crippen LogP contribution in [-0.2, 0) is 4.74 Å². The van der Waals surface area contributed by atoms with E-state index in [2.05, 4.69) is 4.57 Å². The largest absolute Gasteiger partial charge is 0.497 e. The summed E-state index contributed by atoms with van der Waals surface area (Å²) in [5.41, 5.74) is 3.85. The normalized spacial score (nSPS) is 10.5. The average Bonchev–Trinajstić information content (AvgIpc) is 3.09. The van der Waals surface area contributed by atoms with Gasteiger partial charge in [-0.25, -0.2) is 4.79 Å². The first-order valence-electron chi connectivity index (χ1n) is 9.12. The minimum atomic E-state index is -0.562. The van der Waals surface area contributed by atoms with Crippen LogP contribution in [0.25, 0.3) is 5.69 Å². The molecule has 6 heteroatoms. The van der Waals surface area contributed by atoms with Gasteiger partial charge in [0.1, 0.15) is 11.5 Å². The van der Waals surface area contributed by atoms with Crippen molar-refractivity contribution in [2.45, 2.75) is 13.8 Å². The third kappa shape index (κ3) is 4.32. The van der Waals surface area contributed by atoms with Crippen LogP contribution in [0.4, 0.5) is 0 Å². The zero-order valence-corrected chi connectivity index (χ0v) is 16.9. The fraction of sp³-hybridized carbons (Fsp3) is 0.217. The van der Waals surface area contributed by atoms with E-state index in [1.54, 1.807) is 30.3 Å². The summed E-state index contributed by atoms with van der Waals surface area (Å²) in [5, 5.41) is 0. The number of carbonyl (C=O) groups excluding carboxylic acids is 2. The molecule has 3 rings (SSSR count). The average molecular weight is 393 g/mol. The number of hydrogen-bond donors (Lipinski definition) is 0. The molecule has 6 nitrogen and oxygen atoms in total. The number of carbonyl (C=O) groups is 2. The minimum Gasteiger partial charge on any atom is -0.497 e. The van der Waals surface area contributed by atoms with Crippen LogP contribution in [0.5, 0.6) is 11.5 Å². The Hall–Kier alpha value is -3.54. The van der Waals surface area contributed by atoms with Crippen LogP contribution >= 0.6 is 0 Å². The van der Waals surface area contributed by atoms with Gasteiger partial charge in [0.05, 0.1) is 25.3 Å². The number of ether oxygens (including phenoxy) is 3. The molecule has 0 radical (unpaired) electrons. The number of methoxy groups -OCH3 is 2. The van der Waals surface area contributed by atoms with Crippen LogP contribution in [0.1, 0.15) is 32.1 Å². The number of ketones is 1. The van der Waals surface area contributed by atoms with Crippen molar-refractivity contribution in [2.75, 3.05) is 20.8 Å². The van der Waals surface area contributed by atoms with Crippen molar-refractivity contribution >= 4 is 11.8 Å². The first-order chi connectivity index (χ1) is 13.9. The fourth-order valence-electron chi connectivity index (χ4n) is 3.15. The minimum absolute atomic E-state index is 0.300. The Balaban J connectivity index is 1.69. The molecule has 29 heavy (non-hydrogen) atoms. The van der Waals surface area contributed by atoms with E-state index in [9.17, 15) is 9.59 Å².